The van der Waals surface area contributed by atoms with Gasteiger partial charge in [0.2, 0.25) is 0 Å². The number of amides is 1. The summed E-state index contributed by atoms with van der Waals surface area (Å²) in [5.74, 6) is 1.83. The van der Waals surface area contributed by atoms with Crippen LogP contribution in [-0.2, 0) is 4.79 Å². The van der Waals surface area contributed by atoms with Crippen molar-refractivity contribution in [1.29, 1.82) is 5.26 Å². The molecule has 0 saturated heterocycles. The van der Waals surface area contributed by atoms with E-state index in [2.05, 4.69) is 12.2 Å². The molecule has 1 aromatic carbocycles. The minimum absolute atomic E-state index is 0.0873. The Bertz CT molecular complexity index is 844. The maximum absolute atomic E-state index is 12.3. The fourth-order valence-electron chi connectivity index (χ4n) is 2.45. The van der Waals surface area contributed by atoms with Crippen LogP contribution in [0.25, 0.3) is 6.08 Å². The summed E-state index contributed by atoms with van der Waals surface area (Å²) in [4.78, 5) is 12.3. The van der Waals surface area contributed by atoms with Crippen molar-refractivity contribution in [3.8, 4) is 6.07 Å². The van der Waals surface area contributed by atoms with Crippen molar-refractivity contribution in [1.82, 2.24) is 0 Å². The number of hydrogen-bond donors (Lipinski definition) is 1. The molecule has 4 nitrogen and oxygen atoms in total. The molecule has 0 unspecified atom stereocenters. The van der Waals surface area contributed by atoms with Crippen molar-refractivity contribution in [2.75, 3.05) is 5.32 Å². The van der Waals surface area contributed by atoms with Crippen LogP contribution in [0.15, 0.2) is 40.3 Å². The van der Waals surface area contributed by atoms with Crippen molar-refractivity contribution in [3.63, 3.8) is 0 Å². The summed E-state index contributed by atoms with van der Waals surface area (Å²) in [6.45, 7) is 2.16. The van der Waals surface area contributed by atoms with Gasteiger partial charge in [-0.3, -0.25) is 4.79 Å². The van der Waals surface area contributed by atoms with E-state index in [0.717, 1.165) is 12.2 Å². The van der Waals surface area contributed by atoms with E-state index in [9.17, 15) is 10.1 Å². The predicted molar refractivity (Wildman–Crippen MR) is 93.9 cm³/mol. The largest absolute Gasteiger partial charge is 0.461 e. The lowest BCUT2D eigenvalue weighted by atomic mass is 10.2. The van der Waals surface area contributed by atoms with E-state index in [1.165, 1.54) is 6.08 Å². The molecule has 1 saturated carbocycles. The second kappa shape index (κ2) is 6.72. The normalized spacial score (nSPS) is 19.7. The summed E-state index contributed by atoms with van der Waals surface area (Å²) < 4.78 is 5.70. The van der Waals surface area contributed by atoms with Gasteiger partial charge in [-0.05, 0) is 36.6 Å². The first-order valence-electron chi connectivity index (χ1n) is 7.46. The summed E-state index contributed by atoms with van der Waals surface area (Å²) in [6.07, 6.45) is 2.52. The van der Waals surface area contributed by atoms with Crippen molar-refractivity contribution in [2.45, 2.75) is 19.3 Å². The van der Waals surface area contributed by atoms with Crippen LogP contribution >= 0.6 is 23.2 Å². The number of para-hydroxylation sites is 1. The lowest BCUT2D eigenvalue weighted by molar-refractivity contribution is -0.112. The Hall–Kier alpha value is -2.22. The summed E-state index contributed by atoms with van der Waals surface area (Å²) in [5.41, 5.74) is 0.189. The summed E-state index contributed by atoms with van der Waals surface area (Å²) in [7, 11) is 0. The zero-order valence-electron chi connectivity index (χ0n) is 12.8. The lowest BCUT2D eigenvalue weighted by Gasteiger charge is -2.08. The van der Waals surface area contributed by atoms with Gasteiger partial charge < -0.3 is 9.73 Å². The molecule has 0 spiro atoms. The molecule has 1 heterocycles. The van der Waals surface area contributed by atoms with Crippen LogP contribution in [0, 0.1) is 17.2 Å². The first-order valence-corrected chi connectivity index (χ1v) is 8.22. The second-order valence-corrected chi connectivity index (χ2v) is 6.59. The standard InChI is InChI=1S/C18H14Cl2N2O2/c1-10-7-13(10)16-6-5-12(24-16)8-11(9-21)18(23)22-17-14(19)3-2-4-15(17)20/h2-6,8,10,13H,7H2,1H3,(H,22,23)/b11-8+/t10-,13-/m1/s1. The number of carbonyl (C=O) groups excluding carboxylic acids is 1. The monoisotopic (exact) mass is 360 g/mol. The highest BCUT2D eigenvalue weighted by atomic mass is 35.5. The van der Waals surface area contributed by atoms with Crippen LogP contribution in [0.5, 0.6) is 0 Å². The molecule has 1 N–H and O–H groups in total. The minimum atomic E-state index is -0.592. The van der Waals surface area contributed by atoms with Gasteiger partial charge in [-0.25, -0.2) is 0 Å². The number of anilines is 1. The Morgan fingerprint density at radius 1 is 1.33 bits per heavy atom. The van der Waals surface area contributed by atoms with Crippen molar-refractivity contribution in [3.05, 3.63) is 57.5 Å². The molecule has 1 aliphatic carbocycles. The molecule has 2 atom stereocenters. The number of rotatable bonds is 4. The number of nitrogens with one attached hydrogen (secondary N) is 1. The highest BCUT2D eigenvalue weighted by Gasteiger charge is 2.36. The smallest absolute Gasteiger partial charge is 0.266 e. The first kappa shape index (κ1) is 16.6. The average molecular weight is 361 g/mol. The topological polar surface area (TPSA) is 66.0 Å². The van der Waals surface area contributed by atoms with Gasteiger partial charge in [0.05, 0.1) is 15.7 Å². The minimum Gasteiger partial charge on any atom is -0.461 e. The van der Waals surface area contributed by atoms with E-state index >= 15 is 0 Å². The predicted octanol–water partition coefficient (Wildman–Crippen LogP) is 5.26. The third-order valence-electron chi connectivity index (χ3n) is 3.98. The van der Waals surface area contributed by atoms with Gasteiger partial charge in [-0.1, -0.05) is 36.2 Å². The van der Waals surface area contributed by atoms with Gasteiger partial charge in [0.1, 0.15) is 23.2 Å². The molecule has 122 valence electrons. The third kappa shape index (κ3) is 3.48. The van der Waals surface area contributed by atoms with Crippen LogP contribution in [0.2, 0.25) is 10.0 Å². The first-order chi connectivity index (χ1) is 11.5. The highest BCUT2D eigenvalue weighted by Crippen LogP contribution is 2.47. The van der Waals surface area contributed by atoms with Crippen LogP contribution in [0.1, 0.15) is 30.8 Å². The van der Waals surface area contributed by atoms with Crippen LogP contribution in [-0.4, -0.2) is 5.91 Å². The van der Waals surface area contributed by atoms with E-state index in [1.807, 2.05) is 12.1 Å². The Labute approximate surface area is 149 Å². The fraction of sp³-hybridized carbons (Fsp3) is 0.222. The Morgan fingerprint density at radius 2 is 2.00 bits per heavy atom. The molecule has 0 bridgehead atoms. The van der Waals surface area contributed by atoms with Crippen LogP contribution in [0.3, 0.4) is 0 Å². The maximum atomic E-state index is 12.3. The molecular formula is C18H14Cl2N2O2. The molecule has 2 aromatic rings. The molecule has 1 aromatic heterocycles. The van der Waals surface area contributed by atoms with E-state index in [1.54, 1.807) is 24.3 Å². The molecule has 24 heavy (non-hydrogen) atoms. The number of halogens is 2. The molecule has 0 aliphatic heterocycles. The molecule has 1 amide bonds. The second-order valence-electron chi connectivity index (χ2n) is 5.78. The molecule has 1 aliphatic rings. The van der Waals surface area contributed by atoms with E-state index in [4.69, 9.17) is 27.6 Å². The molecule has 1 fully saturated rings. The van der Waals surface area contributed by atoms with E-state index in [0.29, 0.717) is 27.6 Å². The zero-order chi connectivity index (χ0) is 17.3. The number of carbonyl (C=O) groups is 1. The van der Waals surface area contributed by atoms with Gasteiger partial charge in [-0.15, -0.1) is 0 Å². The summed E-state index contributed by atoms with van der Waals surface area (Å²) in [6, 6.07) is 10.4. The number of furan rings is 1. The van der Waals surface area contributed by atoms with Gasteiger partial charge in [0.15, 0.2) is 0 Å². The summed E-state index contributed by atoms with van der Waals surface area (Å²) >= 11 is 12.0. The lowest BCUT2D eigenvalue weighted by Crippen LogP contribution is -2.14. The molecule has 6 heteroatoms. The Balaban J connectivity index is 1.79. The van der Waals surface area contributed by atoms with Gasteiger partial charge in [0, 0.05) is 12.0 Å². The molecule has 3 rings (SSSR count). The van der Waals surface area contributed by atoms with Crippen molar-refractivity contribution in [2.24, 2.45) is 5.92 Å². The van der Waals surface area contributed by atoms with E-state index < -0.39 is 5.91 Å². The van der Waals surface area contributed by atoms with Gasteiger partial charge in [0.25, 0.3) is 5.91 Å². The number of benzene rings is 1. The van der Waals surface area contributed by atoms with E-state index in [-0.39, 0.29) is 11.3 Å². The SMILES string of the molecule is C[C@@H]1C[C@H]1c1ccc(/C=C(\C#N)C(=O)Nc2c(Cl)cccc2Cl)o1. The zero-order valence-corrected chi connectivity index (χ0v) is 14.4. The quantitative estimate of drug-likeness (QED) is 0.597. The van der Waals surface area contributed by atoms with Crippen molar-refractivity contribution >= 4 is 40.9 Å². The summed E-state index contributed by atoms with van der Waals surface area (Å²) in [5, 5.41) is 12.4. The third-order valence-corrected chi connectivity index (χ3v) is 4.61. The molecule has 0 radical (unpaired) electrons. The number of nitriles is 1. The van der Waals surface area contributed by atoms with Crippen LogP contribution in [0.4, 0.5) is 5.69 Å². The van der Waals surface area contributed by atoms with Crippen molar-refractivity contribution < 1.29 is 9.21 Å². The fourth-order valence-corrected chi connectivity index (χ4v) is 2.94. The maximum Gasteiger partial charge on any atom is 0.266 e. The van der Waals surface area contributed by atoms with Gasteiger partial charge in [-0.2, -0.15) is 5.26 Å². The Morgan fingerprint density at radius 3 is 2.58 bits per heavy atom. The number of hydrogen-bond acceptors (Lipinski definition) is 3. The number of nitrogens with zero attached hydrogens (tertiary/aromatic N) is 1. The van der Waals surface area contributed by atoms with Gasteiger partial charge >= 0.3 is 0 Å². The molecular weight excluding hydrogens is 347 g/mol. The highest BCUT2D eigenvalue weighted by molar-refractivity contribution is 6.40. The average Bonchev–Trinajstić information content (AvgIpc) is 3.09. The Kier molecular flexibility index (Phi) is 4.66. The van der Waals surface area contributed by atoms with Crippen LogP contribution < -0.4 is 5.32 Å².